The number of rotatable bonds is 8. The van der Waals surface area contributed by atoms with Gasteiger partial charge >= 0.3 is 0 Å². The predicted octanol–water partition coefficient (Wildman–Crippen LogP) is 6.67. The fraction of sp³-hybridized carbons (Fsp3) is 0.925. The van der Waals surface area contributed by atoms with Crippen LogP contribution in [0.1, 0.15) is 162 Å². The molecule has 55 heavy (non-hydrogen) atoms. The van der Waals surface area contributed by atoms with Gasteiger partial charge in [0.15, 0.2) is 0 Å². The van der Waals surface area contributed by atoms with E-state index in [1.165, 1.54) is 20.3 Å². The highest BCUT2D eigenvalue weighted by Crippen LogP contribution is 2.48. The zero-order valence-corrected chi connectivity index (χ0v) is 37.3. The Morgan fingerprint density at radius 1 is 0.418 bits per heavy atom. The molecular weight excluding hydrogens is 699 g/mol. The van der Waals surface area contributed by atoms with Gasteiger partial charge in [-0.2, -0.15) is 35.2 Å². The number of nitrogens with zero attached hydrogens (tertiary/aromatic N) is 9. The van der Waals surface area contributed by atoms with Crippen LogP contribution in [0.25, 0.3) is 0 Å². The van der Waals surface area contributed by atoms with Crippen LogP contribution >= 0.6 is 0 Å². The van der Waals surface area contributed by atoms with Crippen LogP contribution in [0.3, 0.4) is 0 Å². The molecule has 4 aliphatic heterocycles. The SMILES string of the molecule is CNNc1nc(N(C2CC(C)(C)N(O)C(C)(C)C2)C2CC(C)(C)N(O)C(C)(C)C2)nc(N(C2CC(C)(C)N(O)C(C)(C)C2)C2CC(C)(C)N(O)C(C)(C)C2)n1. The summed E-state index contributed by atoms with van der Waals surface area (Å²) in [6.07, 6.45) is 5.34. The molecule has 5 rings (SSSR count). The minimum Gasteiger partial charge on any atom is -0.334 e. The molecule has 0 bridgehead atoms. The molecule has 4 saturated heterocycles. The summed E-state index contributed by atoms with van der Waals surface area (Å²) in [5.41, 5.74) is 1.99. The van der Waals surface area contributed by atoms with E-state index in [4.69, 9.17) is 15.0 Å². The summed E-state index contributed by atoms with van der Waals surface area (Å²) in [4.78, 5) is 20.7. The lowest BCUT2D eigenvalue weighted by molar-refractivity contribution is -0.251. The van der Waals surface area contributed by atoms with Crippen LogP contribution in [0.2, 0.25) is 0 Å². The van der Waals surface area contributed by atoms with Gasteiger partial charge < -0.3 is 30.6 Å². The molecule has 0 unspecified atom stereocenters. The summed E-state index contributed by atoms with van der Waals surface area (Å²) in [6, 6.07) is -0.195. The summed E-state index contributed by atoms with van der Waals surface area (Å²) in [5.74, 6) is 1.50. The lowest BCUT2D eigenvalue weighted by Gasteiger charge is -2.58. The predicted molar refractivity (Wildman–Crippen MR) is 217 cm³/mol. The van der Waals surface area contributed by atoms with Crippen LogP contribution in [-0.4, -0.2) is 132 Å². The molecular formula is C40H77N11O4. The van der Waals surface area contributed by atoms with E-state index in [2.05, 4.69) is 131 Å². The number of hydrogen-bond donors (Lipinski definition) is 6. The molecule has 0 saturated carbocycles. The Labute approximate surface area is 331 Å². The van der Waals surface area contributed by atoms with E-state index >= 15 is 0 Å². The van der Waals surface area contributed by atoms with Crippen LogP contribution in [0, 0.1) is 0 Å². The van der Waals surface area contributed by atoms with Crippen molar-refractivity contribution in [2.45, 2.75) is 231 Å². The number of nitrogens with one attached hydrogen (secondary N) is 2. The minimum absolute atomic E-state index is 0.0487. The van der Waals surface area contributed by atoms with Gasteiger partial charge in [-0.15, -0.1) is 0 Å². The molecule has 0 aromatic carbocycles. The van der Waals surface area contributed by atoms with E-state index in [-0.39, 0.29) is 24.2 Å². The molecule has 0 aliphatic carbocycles. The molecule has 0 radical (unpaired) electrons. The maximum atomic E-state index is 11.4. The molecule has 5 heterocycles. The Morgan fingerprint density at radius 2 is 0.618 bits per heavy atom. The van der Waals surface area contributed by atoms with Crippen LogP contribution < -0.4 is 20.7 Å². The van der Waals surface area contributed by atoms with Crippen molar-refractivity contribution in [1.29, 1.82) is 0 Å². The Balaban J connectivity index is 1.76. The summed E-state index contributed by atoms with van der Waals surface area (Å²) < 4.78 is 0. The summed E-state index contributed by atoms with van der Waals surface area (Å²) >= 11 is 0. The first-order chi connectivity index (χ1) is 24.8. The molecule has 1 aromatic heterocycles. The first-order valence-electron chi connectivity index (χ1n) is 20.5. The van der Waals surface area contributed by atoms with Crippen LogP contribution in [0.4, 0.5) is 17.8 Å². The molecule has 15 nitrogen and oxygen atoms in total. The molecule has 4 fully saturated rings. The minimum atomic E-state index is -0.536. The van der Waals surface area contributed by atoms with E-state index in [0.717, 1.165) is 0 Å². The normalized spacial score (nSPS) is 28.9. The lowest BCUT2D eigenvalue weighted by atomic mass is 9.74. The van der Waals surface area contributed by atoms with Gasteiger partial charge in [0, 0.05) is 75.5 Å². The third kappa shape index (κ3) is 8.34. The standard InChI is InChI=1S/C40H77N11O4/c1-33(2)18-26(19-34(3,4)48(33)52)46(27-20-35(5,6)49(53)36(7,8)21-27)31-42-30(45-41-17)43-32(44-31)47(28-22-37(9,10)50(54)38(11,12)23-28)29-24-39(13,14)51(55)40(15,16)25-29/h26-29,41,52-55H,18-25H2,1-17H3,(H,42,43,44,45). The quantitative estimate of drug-likeness (QED) is 0.155. The Bertz CT molecular complexity index is 1280. The van der Waals surface area contributed by atoms with Gasteiger partial charge in [0.05, 0.1) is 0 Å². The third-order valence-corrected chi connectivity index (χ3v) is 13.4. The Kier molecular flexibility index (Phi) is 11.3. The molecule has 316 valence electrons. The topological polar surface area (TPSA) is 163 Å². The first-order valence-corrected chi connectivity index (χ1v) is 20.5. The van der Waals surface area contributed by atoms with Crippen LogP contribution in [-0.2, 0) is 0 Å². The largest absolute Gasteiger partial charge is 0.334 e. The fourth-order valence-electron chi connectivity index (χ4n) is 11.7. The molecule has 4 aliphatic rings. The van der Waals surface area contributed by atoms with E-state index in [9.17, 15) is 20.8 Å². The van der Waals surface area contributed by atoms with Gasteiger partial charge in [-0.1, -0.05) is 0 Å². The van der Waals surface area contributed by atoms with Crippen LogP contribution in [0.5, 0.6) is 0 Å². The molecule has 6 N–H and O–H groups in total. The number of anilines is 3. The van der Waals surface area contributed by atoms with Crippen LogP contribution in [0.15, 0.2) is 0 Å². The average Bonchev–Trinajstić information content (AvgIpc) is 2.99. The van der Waals surface area contributed by atoms with Gasteiger partial charge in [-0.25, -0.2) is 5.43 Å². The van der Waals surface area contributed by atoms with Gasteiger partial charge in [0.2, 0.25) is 17.8 Å². The van der Waals surface area contributed by atoms with Gasteiger partial charge in [-0.3, -0.25) is 5.43 Å². The van der Waals surface area contributed by atoms with E-state index < -0.39 is 44.3 Å². The second-order valence-corrected chi connectivity index (χ2v) is 22.4. The van der Waals surface area contributed by atoms with Crippen molar-refractivity contribution in [2.24, 2.45) is 0 Å². The van der Waals surface area contributed by atoms with Crippen molar-refractivity contribution in [3.8, 4) is 0 Å². The smallest absolute Gasteiger partial charge is 0.243 e. The highest BCUT2D eigenvalue weighted by atomic mass is 16.5. The van der Waals surface area contributed by atoms with Crippen molar-refractivity contribution in [3.05, 3.63) is 0 Å². The Hall–Kier alpha value is -1.95. The second-order valence-electron chi connectivity index (χ2n) is 22.4. The molecule has 0 amide bonds. The number of piperidine rings is 4. The number of hydroxylamine groups is 8. The monoisotopic (exact) mass is 776 g/mol. The maximum Gasteiger partial charge on any atom is 0.243 e. The van der Waals surface area contributed by atoms with Gasteiger partial charge in [0.1, 0.15) is 0 Å². The fourth-order valence-corrected chi connectivity index (χ4v) is 11.7. The van der Waals surface area contributed by atoms with Gasteiger partial charge in [0.25, 0.3) is 0 Å². The van der Waals surface area contributed by atoms with E-state index in [1.807, 2.05) is 0 Å². The second kappa shape index (κ2) is 14.1. The molecule has 0 spiro atoms. The van der Waals surface area contributed by atoms with Crippen molar-refractivity contribution in [3.63, 3.8) is 0 Å². The maximum absolute atomic E-state index is 11.4. The zero-order chi connectivity index (χ0) is 41.7. The van der Waals surface area contributed by atoms with Crippen molar-refractivity contribution < 1.29 is 20.8 Å². The van der Waals surface area contributed by atoms with Crippen molar-refractivity contribution >= 4 is 17.8 Å². The van der Waals surface area contributed by atoms with E-state index in [1.54, 1.807) is 7.05 Å². The average molecular weight is 776 g/mol. The number of hydrazine groups is 1. The number of hydrogen-bond acceptors (Lipinski definition) is 15. The number of aromatic nitrogens is 3. The molecule has 15 heteroatoms. The summed E-state index contributed by atoms with van der Waals surface area (Å²) in [7, 11) is 1.80. The van der Waals surface area contributed by atoms with Gasteiger partial charge in [-0.05, 0) is 162 Å². The highest BCUT2D eigenvalue weighted by molar-refractivity contribution is 5.49. The zero-order valence-electron chi connectivity index (χ0n) is 37.3. The first kappa shape index (κ1) is 44.2. The summed E-state index contributed by atoms with van der Waals surface area (Å²) in [6.45, 7) is 33.4. The lowest BCUT2D eigenvalue weighted by Crippen LogP contribution is -2.68. The van der Waals surface area contributed by atoms with Crippen molar-refractivity contribution in [1.82, 2.24) is 40.6 Å². The van der Waals surface area contributed by atoms with E-state index in [0.29, 0.717) is 69.2 Å². The molecule has 1 aromatic rings. The third-order valence-electron chi connectivity index (χ3n) is 13.4. The van der Waals surface area contributed by atoms with Crippen molar-refractivity contribution in [2.75, 3.05) is 22.3 Å². The molecule has 0 atom stereocenters. The summed E-state index contributed by atoms with van der Waals surface area (Å²) in [5, 5.41) is 51.8. The Morgan fingerprint density at radius 3 is 0.800 bits per heavy atom. The highest BCUT2D eigenvalue weighted by Gasteiger charge is 2.55.